The molecule has 1 rings (SSSR count). The summed E-state index contributed by atoms with van der Waals surface area (Å²) < 4.78 is 13.6. The molecule has 0 aliphatic carbocycles. The number of nitrogens with two attached hydrogens (primary N) is 1. The maximum Gasteiger partial charge on any atom is 0.104 e. The van der Waals surface area contributed by atoms with E-state index >= 15 is 0 Å². The Bertz CT molecular complexity index is 181. The van der Waals surface area contributed by atoms with Crippen molar-refractivity contribution in [1.82, 2.24) is 4.90 Å². The second-order valence-electron chi connectivity index (χ2n) is 5.59. The Hall–Kier alpha value is -0.150. The number of alkyl halides is 1. The van der Waals surface area contributed by atoms with Crippen LogP contribution in [0.15, 0.2) is 0 Å². The predicted molar refractivity (Wildman–Crippen MR) is 62.6 cm³/mol. The summed E-state index contributed by atoms with van der Waals surface area (Å²) >= 11 is 0. The highest BCUT2D eigenvalue weighted by Crippen LogP contribution is 2.28. The van der Waals surface area contributed by atoms with Crippen LogP contribution in [0.3, 0.4) is 0 Å². The fraction of sp³-hybridized carbons (Fsp3) is 1.00. The highest BCUT2D eigenvalue weighted by Gasteiger charge is 2.30. The lowest BCUT2D eigenvalue weighted by atomic mass is 9.88. The van der Waals surface area contributed by atoms with Crippen molar-refractivity contribution >= 4 is 0 Å². The van der Waals surface area contributed by atoms with Gasteiger partial charge in [-0.25, -0.2) is 4.39 Å². The molecule has 0 radical (unpaired) electrons. The van der Waals surface area contributed by atoms with Crippen LogP contribution in [0.5, 0.6) is 0 Å². The van der Waals surface area contributed by atoms with Crippen LogP contribution < -0.4 is 5.73 Å². The monoisotopic (exact) mass is 216 g/mol. The minimum Gasteiger partial charge on any atom is -0.330 e. The lowest BCUT2D eigenvalue weighted by Crippen LogP contribution is -2.47. The van der Waals surface area contributed by atoms with Crippen LogP contribution in [-0.2, 0) is 0 Å². The molecule has 1 aliphatic rings. The van der Waals surface area contributed by atoms with Gasteiger partial charge in [-0.3, -0.25) is 4.90 Å². The molecule has 2 nitrogen and oxygen atoms in total. The number of likely N-dealkylation sites (tertiary alicyclic amines) is 1. The molecule has 0 amide bonds. The van der Waals surface area contributed by atoms with E-state index in [-0.39, 0.29) is 11.5 Å². The third-order valence-corrected chi connectivity index (χ3v) is 3.44. The van der Waals surface area contributed by atoms with Crippen molar-refractivity contribution in [1.29, 1.82) is 0 Å². The molecule has 0 aromatic heterocycles. The first kappa shape index (κ1) is 12.9. The summed E-state index contributed by atoms with van der Waals surface area (Å²) in [6.45, 7) is 9.19. The SMILES string of the molecule is CC(C)(C)N1CCC(C(F)CCN)CC1. The minimum absolute atomic E-state index is 0.227. The molecule has 1 aliphatic heterocycles. The Morgan fingerprint density at radius 1 is 1.33 bits per heavy atom. The zero-order valence-corrected chi connectivity index (χ0v) is 10.3. The van der Waals surface area contributed by atoms with Crippen LogP contribution in [0, 0.1) is 5.92 Å². The third kappa shape index (κ3) is 3.72. The molecule has 15 heavy (non-hydrogen) atoms. The highest BCUT2D eigenvalue weighted by atomic mass is 19.1. The molecule has 0 saturated carbocycles. The Kier molecular flexibility index (Phi) is 4.53. The summed E-state index contributed by atoms with van der Waals surface area (Å²) in [5, 5.41) is 0. The maximum atomic E-state index is 13.6. The van der Waals surface area contributed by atoms with E-state index in [1.165, 1.54) is 0 Å². The molecule has 0 aromatic carbocycles. The Morgan fingerprint density at radius 3 is 2.27 bits per heavy atom. The van der Waals surface area contributed by atoms with E-state index < -0.39 is 6.17 Å². The molecule has 1 heterocycles. The molecule has 3 heteroatoms. The van der Waals surface area contributed by atoms with Gasteiger partial charge < -0.3 is 5.73 Å². The highest BCUT2D eigenvalue weighted by molar-refractivity contribution is 4.84. The number of nitrogens with zero attached hydrogens (tertiary/aromatic N) is 1. The van der Waals surface area contributed by atoms with E-state index in [0.29, 0.717) is 13.0 Å². The number of hydrogen-bond donors (Lipinski definition) is 1. The molecule has 1 fully saturated rings. The first-order valence-corrected chi connectivity index (χ1v) is 6.04. The molecule has 90 valence electrons. The van der Waals surface area contributed by atoms with Crippen molar-refractivity contribution in [2.45, 2.75) is 51.7 Å². The first-order valence-electron chi connectivity index (χ1n) is 6.04. The molecule has 0 aromatic rings. The smallest absolute Gasteiger partial charge is 0.104 e. The van der Waals surface area contributed by atoms with Crippen LogP contribution in [0.1, 0.15) is 40.0 Å². The van der Waals surface area contributed by atoms with Crippen LogP contribution >= 0.6 is 0 Å². The fourth-order valence-electron chi connectivity index (χ4n) is 2.33. The van der Waals surface area contributed by atoms with Crippen molar-refractivity contribution in [2.75, 3.05) is 19.6 Å². The van der Waals surface area contributed by atoms with E-state index in [9.17, 15) is 4.39 Å². The van der Waals surface area contributed by atoms with Crippen LogP contribution in [0.2, 0.25) is 0 Å². The van der Waals surface area contributed by atoms with Crippen LogP contribution in [0.25, 0.3) is 0 Å². The van der Waals surface area contributed by atoms with E-state index in [4.69, 9.17) is 5.73 Å². The molecular weight excluding hydrogens is 191 g/mol. The second kappa shape index (κ2) is 5.26. The van der Waals surface area contributed by atoms with Crippen LogP contribution in [0.4, 0.5) is 4.39 Å². The lowest BCUT2D eigenvalue weighted by molar-refractivity contribution is 0.0587. The number of halogens is 1. The summed E-state index contributed by atoms with van der Waals surface area (Å²) in [4.78, 5) is 2.44. The van der Waals surface area contributed by atoms with E-state index in [1.807, 2.05) is 0 Å². The van der Waals surface area contributed by atoms with Crippen molar-refractivity contribution in [3.8, 4) is 0 Å². The van der Waals surface area contributed by atoms with Gasteiger partial charge >= 0.3 is 0 Å². The van der Waals surface area contributed by atoms with Gasteiger partial charge in [0.25, 0.3) is 0 Å². The summed E-state index contributed by atoms with van der Waals surface area (Å²) in [5.74, 6) is 0.243. The van der Waals surface area contributed by atoms with Crippen molar-refractivity contribution in [2.24, 2.45) is 11.7 Å². The second-order valence-corrected chi connectivity index (χ2v) is 5.59. The molecule has 0 spiro atoms. The molecular formula is C12H25FN2. The Balaban J connectivity index is 2.36. The topological polar surface area (TPSA) is 29.3 Å². The van der Waals surface area contributed by atoms with Gasteiger partial charge in [-0.2, -0.15) is 0 Å². The molecule has 0 bridgehead atoms. The van der Waals surface area contributed by atoms with Gasteiger partial charge in [0.05, 0.1) is 0 Å². The summed E-state index contributed by atoms with van der Waals surface area (Å²) in [6, 6.07) is 0. The van der Waals surface area contributed by atoms with Crippen molar-refractivity contribution in [3.05, 3.63) is 0 Å². The average Bonchev–Trinajstić information content (AvgIpc) is 2.17. The standard InChI is InChI=1S/C12H25FN2/c1-12(2,3)15-8-5-10(6-9-15)11(13)4-7-14/h10-11H,4-9,14H2,1-3H3. The van der Waals surface area contributed by atoms with E-state index in [1.54, 1.807) is 0 Å². The summed E-state index contributed by atoms with van der Waals surface area (Å²) in [7, 11) is 0. The largest absolute Gasteiger partial charge is 0.330 e. The minimum atomic E-state index is -0.683. The van der Waals surface area contributed by atoms with Gasteiger partial charge in [0.15, 0.2) is 0 Å². The Morgan fingerprint density at radius 2 is 1.87 bits per heavy atom. The van der Waals surface area contributed by atoms with Gasteiger partial charge in [-0.1, -0.05) is 0 Å². The van der Waals surface area contributed by atoms with Gasteiger partial charge in [-0.05, 0) is 65.6 Å². The number of hydrogen-bond acceptors (Lipinski definition) is 2. The van der Waals surface area contributed by atoms with Gasteiger partial charge in [-0.15, -0.1) is 0 Å². The number of piperidine rings is 1. The third-order valence-electron chi connectivity index (χ3n) is 3.44. The summed E-state index contributed by atoms with van der Waals surface area (Å²) in [6.07, 6.45) is 1.81. The lowest BCUT2D eigenvalue weighted by Gasteiger charge is -2.41. The molecule has 1 unspecified atom stereocenters. The first-order chi connectivity index (χ1) is 6.95. The predicted octanol–water partition coefficient (Wildman–Crippen LogP) is 2.18. The van der Waals surface area contributed by atoms with Gasteiger partial charge in [0.2, 0.25) is 0 Å². The maximum absolute atomic E-state index is 13.6. The van der Waals surface area contributed by atoms with E-state index in [2.05, 4.69) is 25.7 Å². The Labute approximate surface area is 93.0 Å². The quantitative estimate of drug-likeness (QED) is 0.783. The number of rotatable bonds is 3. The van der Waals surface area contributed by atoms with Crippen molar-refractivity contribution < 1.29 is 4.39 Å². The van der Waals surface area contributed by atoms with Gasteiger partial charge in [0.1, 0.15) is 6.17 Å². The fourth-order valence-corrected chi connectivity index (χ4v) is 2.33. The molecule has 1 saturated heterocycles. The molecule has 2 N–H and O–H groups in total. The normalized spacial score (nSPS) is 23.0. The van der Waals surface area contributed by atoms with E-state index in [0.717, 1.165) is 25.9 Å². The molecule has 1 atom stereocenters. The average molecular weight is 216 g/mol. The summed E-state index contributed by atoms with van der Waals surface area (Å²) in [5.41, 5.74) is 5.61. The van der Waals surface area contributed by atoms with Crippen LogP contribution in [-0.4, -0.2) is 36.2 Å². The zero-order chi connectivity index (χ0) is 11.5. The zero-order valence-electron chi connectivity index (χ0n) is 10.3. The van der Waals surface area contributed by atoms with Gasteiger partial charge in [0, 0.05) is 5.54 Å². The van der Waals surface area contributed by atoms with Crippen molar-refractivity contribution in [3.63, 3.8) is 0 Å².